The highest BCUT2D eigenvalue weighted by Gasteiger charge is 2.13. The number of aromatic hydroxyl groups is 1. The molecule has 2 rings (SSSR count). The standard InChI is InChI=1S/C11H12Cl2N2O3S/c1-19(17,18)14-3-5-15-4-2-7-9(16)6-8(12)10(13)11(7)15/h2,4,6,14,16H,3,5H2,1H3. The lowest BCUT2D eigenvalue weighted by molar-refractivity contribution is 0.481. The highest BCUT2D eigenvalue weighted by Crippen LogP contribution is 2.37. The van der Waals surface area contributed by atoms with Crippen LogP contribution in [0, 0.1) is 0 Å². The monoisotopic (exact) mass is 322 g/mol. The van der Waals surface area contributed by atoms with Crippen LogP contribution in [0.25, 0.3) is 10.9 Å². The lowest BCUT2D eigenvalue weighted by Gasteiger charge is -2.08. The number of aromatic nitrogens is 1. The molecule has 2 N–H and O–H groups in total. The lowest BCUT2D eigenvalue weighted by Crippen LogP contribution is -2.25. The summed E-state index contributed by atoms with van der Waals surface area (Å²) in [5, 5.41) is 10.9. The number of rotatable bonds is 4. The van der Waals surface area contributed by atoms with E-state index in [9.17, 15) is 13.5 Å². The third-order valence-electron chi connectivity index (χ3n) is 2.64. The Hall–Kier alpha value is -0.950. The number of nitrogens with zero attached hydrogens (tertiary/aromatic N) is 1. The van der Waals surface area contributed by atoms with E-state index < -0.39 is 10.0 Å². The molecule has 0 spiro atoms. The van der Waals surface area contributed by atoms with Crippen molar-refractivity contribution < 1.29 is 13.5 Å². The van der Waals surface area contributed by atoms with Crippen LogP contribution in [0.5, 0.6) is 5.75 Å². The van der Waals surface area contributed by atoms with Crippen molar-refractivity contribution in [1.82, 2.24) is 9.29 Å². The zero-order chi connectivity index (χ0) is 14.2. The van der Waals surface area contributed by atoms with E-state index in [1.54, 1.807) is 16.8 Å². The van der Waals surface area contributed by atoms with Gasteiger partial charge in [0, 0.05) is 30.7 Å². The minimum atomic E-state index is -3.23. The Bertz CT molecular complexity index is 725. The van der Waals surface area contributed by atoms with E-state index in [1.807, 2.05) is 0 Å². The van der Waals surface area contributed by atoms with Crippen molar-refractivity contribution >= 4 is 44.1 Å². The molecule has 5 nitrogen and oxygen atoms in total. The molecule has 0 bridgehead atoms. The Morgan fingerprint density at radius 2 is 2.11 bits per heavy atom. The van der Waals surface area contributed by atoms with Gasteiger partial charge in [-0.05, 0) is 6.07 Å². The van der Waals surface area contributed by atoms with Crippen LogP contribution in [0.2, 0.25) is 10.0 Å². The molecular weight excluding hydrogens is 311 g/mol. The summed E-state index contributed by atoms with van der Waals surface area (Å²) in [4.78, 5) is 0. The van der Waals surface area contributed by atoms with E-state index in [0.29, 0.717) is 22.5 Å². The number of fused-ring (bicyclic) bond motifs is 1. The molecule has 0 atom stereocenters. The summed E-state index contributed by atoms with van der Waals surface area (Å²) in [6.45, 7) is 0.613. The van der Waals surface area contributed by atoms with Gasteiger partial charge >= 0.3 is 0 Å². The second-order valence-electron chi connectivity index (χ2n) is 4.13. The van der Waals surface area contributed by atoms with Crippen molar-refractivity contribution in [3.8, 4) is 5.75 Å². The molecule has 19 heavy (non-hydrogen) atoms. The van der Waals surface area contributed by atoms with E-state index in [4.69, 9.17) is 23.2 Å². The number of sulfonamides is 1. The van der Waals surface area contributed by atoms with Gasteiger partial charge in [0.05, 0.1) is 21.8 Å². The molecule has 0 saturated carbocycles. The van der Waals surface area contributed by atoms with E-state index in [0.717, 1.165) is 6.26 Å². The SMILES string of the molecule is CS(=O)(=O)NCCn1ccc2c(O)cc(Cl)c(Cl)c21. The number of phenolic OH excluding ortho intramolecular Hbond substituents is 1. The maximum Gasteiger partial charge on any atom is 0.208 e. The third-order valence-corrected chi connectivity index (χ3v) is 4.14. The van der Waals surface area contributed by atoms with Crippen molar-refractivity contribution in [2.75, 3.05) is 12.8 Å². The smallest absolute Gasteiger partial charge is 0.208 e. The van der Waals surface area contributed by atoms with Crippen molar-refractivity contribution in [2.45, 2.75) is 6.54 Å². The predicted octanol–water partition coefficient (Wildman–Crippen LogP) is 2.20. The number of nitrogens with one attached hydrogen (secondary N) is 1. The molecule has 0 radical (unpaired) electrons. The maximum absolute atomic E-state index is 11.0. The fourth-order valence-electron chi connectivity index (χ4n) is 1.84. The van der Waals surface area contributed by atoms with Crippen molar-refractivity contribution in [3.05, 3.63) is 28.4 Å². The molecule has 1 aromatic carbocycles. The molecule has 0 aliphatic heterocycles. The molecule has 0 unspecified atom stereocenters. The second-order valence-corrected chi connectivity index (χ2v) is 6.75. The molecule has 1 aromatic heterocycles. The Kier molecular flexibility index (Phi) is 3.96. The first-order valence-corrected chi connectivity index (χ1v) is 8.05. The number of halogens is 2. The van der Waals surface area contributed by atoms with Crippen molar-refractivity contribution in [3.63, 3.8) is 0 Å². The maximum atomic E-state index is 11.0. The van der Waals surface area contributed by atoms with Gasteiger partial charge in [-0.15, -0.1) is 0 Å². The summed E-state index contributed by atoms with van der Waals surface area (Å²) in [6, 6.07) is 3.08. The van der Waals surface area contributed by atoms with Crippen molar-refractivity contribution in [2.24, 2.45) is 0 Å². The van der Waals surface area contributed by atoms with Gasteiger partial charge in [-0.2, -0.15) is 0 Å². The Labute approximate surface area is 120 Å². The minimum absolute atomic E-state index is 0.0409. The first kappa shape index (κ1) is 14.5. The topological polar surface area (TPSA) is 71.3 Å². The molecule has 0 amide bonds. The summed E-state index contributed by atoms with van der Waals surface area (Å²) in [7, 11) is -3.23. The molecule has 0 saturated heterocycles. The third kappa shape index (κ3) is 3.14. The summed E-state index contributed by atoms with van der Waals surface area (Å²) < 4.78 is 26.1. The first-order valence-electron chi connectivity index (χ1n) is 5.40. The van der Waals surface area contributed by atoms with Crippen LogP contribution in [0.15, 0.2) is 18.3 Å². The van der Waals surface area contributed by atoms with Gasteiger partial charge in [0.15, 0.2) is 0 Å². The zero-order valence-corrected chi connectivity index (χ0v) is 12.3. The van der Waals surface area contributed by atoms with Gasteiger partial charge in [-0.1, -0.05) is 23.2 Å². The highest BCUT2D eigenvalue weighted by atomic mass is 35.5. The fourth-order valence-corrected chi connectivity index (χ4v) is 2.76. The summed E-state index contributed by atoms with van der Waals surface area (Å²) in [6.07, 6.45) is 2.81. The van der Waals surface area contributed by atoms with E-state index in [2.05, 4.69) is 4.72 Å². The minimum Gasteiger partial charge on any atom is -0.507 e. The fraction of sp³-hybridized carbons (Fsp3) is 0.273. The number of hydrogen-bond acceptors (Lipinski definition) is 3. The van der Waals surface area contributed by atoms with Crippen LogP contribution in [-0.4, -0.2) is 30.9 Å². The van der Waals surface area contributed by atoms with Crippen LogP contribution in [0.3, 0.4) is 0 Å². The van der Waals surface area contributed by atoms with Gasteiger partial charge in [0.2, 0.25) is 10.0 Å². The Morgan fingerprint density at radius 1 is 1.42 bits per heavy atom. The average Bonchev–Trinajstić information content (AvgIpc) is 2.69. The molecule has 104 valence electrons. The lowest BCUT2D eigenvalue weighted by atomic mass is 10.2. The van der Waals surface area contributed by atoms with E-state index >= 15 is 0 Å². The molecular formula is C11H12Cl2N2O3S. The van der Waals surface area contributed by atoms with Crippen LogP contribution in [-0.2, 0) is 16.6 Å². The number of benzene rings is 1. The number of hydrogen-bond donors (Lipinski definition) is 2. The summed E-state index contributed by atoms with van der Waals surface area (Å²) >= 11 is 12.0. The van der Waals surface area contributed by atoms with Gasteiger partial charge in [-0.3, -0.25) is 0 Å². The molecule has 0 fully saturated rings. The highest BCUT2D eigenvalue weighted by molar-refractivity contribution is 7.88. The van der Waals surface area contributed by atoms with E-state index in [-0.39, 0.29) is 17.3 Å². The summed E-state index contributed by atoms with van der Waals surface area (Å²) in [5.74, 6) is 0.0409. The Balaban J connectivity index is 2.35. The number of phenols is 1. The largest absolute Gasteiger partial charge is 0.507 e. The molecule has 0 aliphatic carbocycles. The quantitative estimate of drug-likeness (QED) is 0.906. The van der Waals surface area contributed by atoms with Crippen LogP contribution in [0.4, 0.5) is 0 Å². The van der Waals surface area contributed by atoms with Gasteiger partial charge in [0.1, 0.15) is 5.75 Å². The van der Waals surface area contributed by atoms with E-state index in [1.165, 1.54) is 6.07 Å². The van der Waals surface area contributed by atoms with Gasteiger partial charge in [0.25, 0.3) is 0 Å². The van der Waals surface area contributed by atoms with Gasteiger partial charge in [-0.25, -0.2) is 13.1 Å². The molecule has 1 heterocycles. The molecule has 0 aliphatic rings. The normalized spacial score (nSPS) is 12.2. The van der Waals surface area contributed by atoms with Crippen LogP contribution >= 0.6 is 23.2 Å². The second kappa shape index (κ2) is 5.20. The van der Waals surface area contributed by atoms with Gasteiger partial charge < -0.3 is 9.67 Å². The summed E-state index contributed by atoms with van der Waals surface area (Å²) in [5.41, 5.74) is 0.585. The predicted molar refractivity (Wildman–Crippen MR) is 76.5 cm³/mol. The molecule has 8 heteroatoms. The van der Waals surface area contributed by atoms with Crippen molar-refractivity contribution in [1.29, 1.82) is 0 Å². The van der Waals surface area contributed by atoms with Crippen LogP contribution < -0.4 is 4.72 Å². The van der Waals surface area contributed by atoms with Crippen LogP contribution in [0.1, 0.15) is 0 Å². The molecule has 2 aromatic rings. The average molecular weight is 323 g/mol. The first-order chi connectivity index (χ1) is 8.79. The Morgan fingerprint density at radius 3 is 2.74 bits per heavy atom. The zero-order valence-electron chi connectivity index (χ0n) is 10.0.